The molecular formula is C14H20N4O. The summed E-state index contributed by atoms with van der Waals surface area (Å²) in [5.74, 6) is 1.30. The van der Waals surface area contributed by atoms with Gasteiger partial charge in [0.05, 0.1) is 6.10 Å². The highest BCUT2D eigenvalue weighted by Crippen LogP contribution is 2.18. The van der Waals surface area contributed by atoms with Crippen molar-refractivity contribution < 1.29 is 5.11 Å². The van der Waals surface area contributed by atoms with Crippen LogP contribution in [0.25, 0.3) is 0 Å². The van der Waals surface area contributed by atoms with Crippen molar-refractivity contribution in [3.63, 3.8) is 0 Å². The highest BCUT2D eigenvalue weighted by molar-refractivity contribution is 5.39. The Kier molecular flexibility index (Phi) is 4.16. The number of aliphatic hydroxyl groups is 1. The van der Waals surface area contributed by atoms with Crippen LogP contribution in [0.15, 0.2) is 30.6 Å². The van der Waals surface area contributed by atoms with Gasteiger partial charge in [-0.3, -0.25) is 0 Å². The van der Waals surface area contributed by atoms with Gasteiger partial charge >= 0.3 is 0 Å². The molecule has 1 atom stereocenters. The van der Waals surface area contributed by atoms with Crippen LogP contribution in [0.4, 0.5) is 5.69 Å². The van der Waals surface area contributed by atoms with Crippen molar-refractivity contribution in [3.05, 3.63) is 42.0 Å². The van der Waals surface area contributed by atoms with Gasteiger partial charge < -0.3 is 10.8 Å². The molecule has 0 amide bonds. The summed E-state index contributed by atoms with van der Waals surface area (Å²) in [6, 6.07) is 7.25. The van der Waals surface area contributed by atoms with Crippen molar-refractivity contribution >= 4 is 5.69 Å². The molecule has 0 saturated carbocycles. The molecule has 1 aromatic heterocycles. The number of hydrogen-bond donors (Lipinski definition) is 2. The molecule has 102 valence electrons. The first-order valence-electron chi connectivity index (χ1n) is 6.46. The van der Waals surface area contributed by atoms with E-state index in [1.54, 1.807) is 12.1 Å². The summed E-state index contributed by atoms with van der Waals surface area (Å²) in [6.45, 7) is 5.06. The Bertz CT molecular complexity index is 518. The summed E-state index contributed by atoms with van der Waals surface area (Å²) in [5.41, 5.74) is 7.17. The number of nitrogens with zero attached hydrogens (tertiary/aromatic N) is 3. The molecular weight excluding hydrogens is 240 g/mol. The van der Waals surface area contributed by atoms with E-state index in [1.807, 2.05) is 16.8 Å². The lowest BCUT2D eigenvalue weighted by atomic mass is 10.1. The van der Waals surface area contributed by atoms with Crippen LogP contribution in [0.1, 0.15) is 31.3 Å². The molecule has 0 bridgehead atoms. The van der Waals surface area contributed by atoms with Gasteiger partial charge in [0.25, 0.3) is 0 Å². The lowest BCUT2D eigenvalue weighted by Gasteiger charge is -2.13. The third-order valence-corrected chi connectivity index (χ3v) is 2.93. The average Bonchev–Trinajstić information content (AvgIpc) is 2.76. The molecule has 0 saturated heterocycles. The normalized spacial score (nSPS) is 12.8. The van der Waals surface area contributed by atoms with Gasteiger partial charge in [-0.25, -0.2) is 9.67 Å². The van der Waals surface area contributed by atoms with E-state index >= 15 is 0 Å². The second-order valence-corrected chi connectivity index (χ2v) is 5.14. The Morgan fingerprint density at radius 1 is 1.26 bits per heavy atom. The Hall–Kier alpha value is -1.88. The Morgan fingerprint density at radius 3 is 2.58 bits per heavy atom. The second kappa shape index (κ2) is 5.84. The average molecular weight is 260 g/mol. The van der Waals surface area contributed by atoms with Crippen LogP contribution in [-0.2, 0) is 13.0 Å². The van der Waals surface area contributed by atoms with Gasteiger partial charge in [-0.1, -0.05) is 26.0 Å². The highest BCUT2D eigenvalue weighted by Gasteiger charge is 2.13. The van der Waals surface area contributed by atoms with Gasteiger partial charge in [-0.2, -0.15) is 5.10 Å². The molecule has 5 heteroatoms. The van der Waals surface area contributed by atoms with Gasteiger partial charge in [0.15, 0.2) is 0 Å². The van der Waals surface area contributed by atoms with E-state index in [9.17, 15) is 5.11 Å². The number of benzene rings is 1. The van der Waals surface area contributed by atoms with E-state index in [2.05, 4.69) is 23.9 Å². The molecule has 0 aliphatic rings. The zero-order valence-corrected chi connectivity index (χ0v) is 11.3. The van der Waals surface area contributed by atoms with Crippen LogP contribution in [0, 0.1) is 5.92 Å². The first kappa shape index (κ1) is 13.5. The monoisotopic (exact) mass is 260 g/mol. The van der Waals surface area contributed by atoms with Crippen molar-refractivity contribution in [2.45, 2.75) is 32.9 Å². The molecule has 0 aliphatic heterocycles. The second-order valence-electron chi connectivity index (χ2n) is 5.14. The lowest BCUT2D eigenvalue weighted by molar-refractivity contribution is 0.173. The van der Waals surface area contributed by atoms with Gasteiger partial charge in [0, 0.05) is 18.7 Å². The lowest BCUT2D eigenvalue weighted by Crippen LogP contribution is -2.13. The number of aromatic nitrogens is 3. The Balaban J connectivity index is 2.08. The summed E-state index contributed by atoms with van der Waals surface area (Å²) in [6.07, 6.45) is 1.40. The summed E-state index contributed by atoms with van der Waals surface area (Å²) in [5, 5.41) is 14.4. The molecule has 0 aliphatic carbocycles. The van der Waals surface area contributed by atoms with E-state index in [0.29, 0.717) is 18.0 Å². The van der Waals surface area contributed by atoms with Crippen molar-refractivity contribution in [1.82, 2.24) is 14.8 Å². The molecule has 2 rings (SSSR count). The minimum Gasteiger partial charge on any atom is -0.399 e. The number of nitrogen functional groups attached to an aromatic ring is 1. The van der Waals surface area contributed by atoms with E-state index in [1.165, 1.54) is 6.33 Å². The number of rotatable bonds is 5. The van der Waals surface area contributed by atoms with Crippen molar-refractivity contribution in [2.24, 2.45) is 5.92 Å². The summed E-state index contributed by atoms with van der Waals surface area (Å²) in [7, 11) is 0. The largest absolute Gasteiger partial charge is 0.399 e. The van der Waals surface area contributed by atoms with E-state index in [4.69, 9.17) is 5.73 Å². The van der Waals surface area contributed by atoms with Gasteiger partial charge in [0.1, 0.15) is 12.2 Å². The van der Waals surface area contributed by atoms with Crippen molar-refractivity contribution in [1.29, 1.82) is 0 Å². The van der Waals surface area contributed by atoms with E-state index in [0.717, 1.165) is 17.9 Å². The first-order chi connectivity index (χ1) is 9.06. The van der Waals surface area contributed by atoms with Crippen molar-refractivity contribution in [3.8, 4) is 0 Å². The number of anilines is 1. The van der Waals surface area contributed by atoms with E-state index in [-0.39, 0.29) is 0 Å². The smallest absolute Gasteiger partial charge is 0.138 e. The number of aliphatic hydroxyl groups excluding tert-OH is 1. The Labute approximate surface area is 113 Å². The van der Waals surface area contributed by atoms with Crippen LogP contribution in [0.3, 0.4) is 0 Å². The molecule has 1 aromatic carbocycles. The summed E-state index contributed by atoms with van der Waals surface area (Å²) < 4.78 is 1.85. The van der Waals surface area contributed by atoms with E-state index < -0.39 is 6.10 Å². The van der Waals surface area contributed by atoms with Gasteiger partial charge in [-0.05, 0) is 23.6 Å². The molecule has 0 fully saturated rings. The third-order valence-electron chi connectivity index (χ3n) is 2.93. The maximum Gasteiger partial charge on any atom is 0.138 e. The van der Waals surface area contributed by atoms with Crippen LogP contribution in [0.2, 0.25) is 0 Å². The maximum atomic E-state index is 10.2. The van der Waals surface area contributed by atoms with Gasteiger partial charge in [0.2, 0.25) is 0 Å². The summed E-state index contributed by atoms with van der Waals surface area (Å²) in [4.78, 5) is 4.22. The number of hydrogen-bond acceptors (Lipinski definition) is 4. The fraction of sp³-hybridized carbons (Fsp3) is 0.429. The maximum absolute atomic E-state index is 10.2. The molecule has 0 spiro atoms. The van der Waals surface area contributed by atoms with Crippen LogP contribution in [-0.4, -0.2) is 19.9 Å². The van der Waals surface area contributed by atoms with Crippen LogP contribution in [0.5, 0.6) is 0 Å². The van der Waals surface area contributed by atoms with Crippen LogP contribution >= 0.6 is 0 Å². The minimum absolute atomic E-state index is 0.455. The first-order valence-corrected chi connectivity index (χ1v) is 6.46. The SMILES string of the molecule is CC(C)Cn1ncnc1CC(O)c1ccc(N)cc1. The fourth-order valence-corrected chi connectivity index (χ4v) is 1.95. The number of nitrogens with two attached hydrogens (primary N) is 1. The minimum atomic E-state index is -0.587. The quantitative estimate of drug-likeness (QED) is 0.804. The summed E-state index contributed by atoms with van der Waals surface area (Å²) >= 11 is 0. The topological polar surface area (TPSA) is 77.0 Å². The van der Waals surface area contributed by atoms with Gasteiger partial charge in [-0.15, -0.1) is 0 Å². The standard InChI is InChI=1S/C14H20N4O/c1-10(2)8-18-14(16-9-17-18)7-13(19)11-3-5-12(15)6-4-11/h3-6,9-10,13,19H,7-8,15H2,1-2H3. The zero-order valence-electron chi connectivity index (χ0n) is 11.3. The molecule has 0 radical (unpaired) electrons. The molecule has 19 heavy (non-hydrogen) atoms. The highest BCUT2D eigenvalue weighted by atomic mass is 16.3. The molecule has 1 heterocycles. The van der Waals surface area contributed by atoms with Crippen LogP contribution < -0.4 is 5.73 Å². The Morgan fingerprint density at radius 2 is 1.95 bits per heavy atom. The predicted molar refractivity (Wildman–Crippen MR) is 74.4 cm³/mol. The molecule has 5 nitrogen and oxygen atoms in total. The third kappa shape index (κ3) is 3.54. The zero-order chi connectivity index (χ0) is 13.8. The molecule has 3 N–H and O–H groups in total. The predicted octanol–water partition coefficient (Wildman–Crippen LogP) is 1.79. The fourth-order valence-electron chi connectivity index (χ4n) is 1.95. The van der Waals surface area contributed by atoms with Crippen molar-refractivity contribution in [2.75, 3.05) is 5.73 Å². The molecule has 1 unspecified atom stereocenters. The molecule has 2 aromatic rings.